The first-order valence-electron chi connectivity index (χ1n) is 7.16. The van der Waals surface area contributed by atoms with Gasteiger partial charge in [0.2, 0.25) is 0 Å². The Balaban J connectivity index is 2.88. The monoisotopic (exact) mass is 352 g/mol. The summed E-state index contributed by atoms with van der Waals surface area (Å²) in [5, 5.41) is 2.38. The van der Waals surface area contributed by atoms with Crippen molar-refractivity contribution >= 4 is 27.2 Å². The van der Waals surface area contributed by atoms with Gasteiger partial charge in [0.1, 0.15) is 0 Å². The second-order valence-electron chi connectivity index (χ2n) is 5.08. The number of allylic oxidation sites excluding steroid dienone is 1. The van der Waals surface area contributed by atoms with E-state index < -0.39 is 15.9 Å². The highest BCUT2D eigenvalue weighted by Gasteiger charge is 2.39. The second kappa shape index (κ2) is 6.56. The number of ether oxygens (including phenoxy) is 2. The molecule has 24 heavy (non-hydrogen) atoms. The van der Waals surface area contributed by atoms with E-state index in [1.807, 2.05) is 0 Å². The van der Waals surface area contributed by atoms with E-state index in [0.29, 0.717) is 28.3 Å². The van der Waals surface area contributed by atoms with Crippen LogP contribution in [0.1, 0.15) is 12.5 Å². The third-order valence-electron chi connectivity index (χ3n) is 3.79. The van der Waals surface area contributed by atoms with Crippen LogP contribution in [-0.2, 0) is 14.8 Å². The largest absolute Gasteiger partial charge is 0.493 e. The average molecular weight is 352 g/mol. The Kier molecular flexibility index (Phi) is 4.88. The van der Waals surface area contributed by atoms with E-state index in [1.165, 1.54) is 27.3 Å². The zero-order chi connectivity index (χ0) is 18.1. The van der Waals surface area contributed by atoms with Gasteiger partial charge in [0.15, 0.2) is 16.4 Å². The van der Waals surface area contributed by atoms with Gasteiger partial charge in [0, 0.05) is 18.7 Å². The van der Waals surface area contributed by atoms with Crippen LogP contribution >= 0.6 is 0 Å². The standard InChI is InChI=1S/C16H20N2O5S/c1-6-7-18-12-9-14(23-5)13(22-4)8-11(12)10(2)15(16(19)17-3)24(18,20)21/h6,8-9H,1,7H2,2-5H3,(H,17,19). The van der Waals surface area contributed by atoms with Gasteiger partial charge in [0.25, 0.3) is 15.9 Å². The zero-order valence-corrected chi connectivity index (χ0v) is 14.9. The average Bonchev–Trinajstić information content (AvgIpc) is 2.56. The number of carbonyl (C=O) groups excluding carboxylic acids is 1. The molecule has 0 fully saturated rings. The van der Waals surface area contributed by atoms with Crippen molar-refractivity contribution in [3.05, 3.63) is 35.3 Å². The van der Waals surface area contributed by atoms with Crippen LogP contribution in [0.25, 0.3) is 5.57 Å². The molecule has 1 aromatic carbocycles. The molecule has 0 aliphatic carbocycles. The number of methoxy groups -OCH3 is 2. The van der Waals surface area contributed by atoms with Gasteiger partial charge in [-0.3, -0.25) is 9.10 Å². The summed E-state index contributed by atoms with van der Waals surface area (Å²) in [4.78, 5) is 11.9. The predicted molar refractivity (Wildman–Crippen MR) is 92.7 cm³/mol. The quantitative estimate of drug-likeness (QED) is 0.812. The van der Waals surface area contributed by atoms with Crippen molar-refractivity contribution in [1.82, 2.24) is 5.32 Å². The molecular formula is C16H20N2O5S. The minimum absolute atomic E-state index is 0.0264. The maximum atomic E-state index is 12.9. The first-order valence-corrected chi connectivity index (χ1v) is 8.60. The van der Waals surface area contributed by atoms with Gasteiger partial charge < -0.3 is 14.8 Å². The topological polar surface area (TPSA) is 84.9 Å². The number of rotatable bonds is 5. The van der Waals surface area contributed by atoms with E-state index in [4.69, 9.17) is 9.47 Å². The first-order chi connectivity index (χ1) is 11.3. The number of nitrogens with zero attached hydrogens (tertiary/aromatic N) is 1. The van der Waals surface area contributed by atoms with Gasteiger partial charge in [0.05, 0.1) is 26.5 Å². The second-order valence-corrected chi connectivity index (χ2v) is 6.88. The van der Waals surface area contributed by atoms with Gasteiger partial charge >= 0.3 is 0 Å². The highest BCUT2D eigenvalue weighted by molar-refractivity contribution is 7.97. The number of nitrogens with one attached hydrogen (secondary N) is 1. The fraction of sp³-hybridized carbons (Fsp3) is 0.312. The molecule has 0 aromatic heterocycles. The third-order valence-corrected chi connectivity index (χ3v) is 5.73. The number of sulfonamides is 1. The maximum absolute atomic E-state index is 12.9. The van der Waals surface area contributed by atoms with Crippen LogP contribution in [0.4, 0.5) is 5.69 Å². The lowest BCUT2D eigenvalue weighted by Crippen LogP contribution is -2.40. The molecule has 8 heteroatoms. The lowest BCUT2D eigenvalue weighted by molar-refractivity contribution is -0.116. The lowest BCUT2D eigenvalue weighted by atomic mass is 10.0. The van der Waals surface area contributed by atoms with Crippen LogP contribution in [-0.4, -0.2) is 42.1 Å². The molecule has 0 saturated heterocycles. The van der Waals surface area contributed by atoms with E-state index in [-0.39, 0.29) is 11.4 Å². The summed E-state index contributed by atoms with van der Waals surface area (Å²) in [5.74, 6) is 0.184. The number of anilines is 1. The summed E-state index contributed by atoms with van der Waals surface area (Å²) in [6.45, 7) is 5.22. The molecule has 2 rings (SSSR count). The summed E-state index contributed by atoms with van der Waals surface area (Å²) < 4.78 is 37.5. The number of carbonyl (C=O) groups is 1. The summed E-state index contributed by atoms with van der Waals surface area (Å²) in [5.41, 5.74) is 1.35. The molecule has 1 aliphatic heterocycles. The Morgan fingerprint density at radius 3 is 2.38 bits per heavy atom. The smallest absolute Gasteiger partial charge is 0.270 e. The molecule has 0 bridgehead atoms. The molecule has 1 aliphatic rings. The number of hydrogen-bond acceptors (Lipinski definition) is 5. The fourth-order valence-electron chi connectivity index (χ4n) is 2.65. The van der Waals surface area contributed by atoms with E-state index >= 15 is 0 Å². The van der Waals surface area contributed by atoms with Gasteiger partial charge in [-0.15, -0.1) is 6.58 Å². The van der Waals surface area contributed by atoms with Gasteiger partial charge in [-0.2, -0.15) is 0 Å². The molecule has 1 heterocycles. The molecular weight excluding hydrogens is 332 g/mol. The summed E-state index contributed by atoms with van der Waals surface area (Å²) in [7, 11) is 0.338. The van der Waals surface area contributed by atoms with E-state index in [0.717, 1.165) is 4.31 Å². The highest BCUT2D eigenvalue weighted by Crippen LogP contribution is 2.44. The normalized spacial score (nSPS) is 15.6. The Bertz CT molecular complexity index is 827. The summed E-state index contributed by atoms with van der Waals surface area (Å²) in [6.07, 6.45) is 1.46. The Morgan fingerprint density at radius 1 is 1.29 bits per heavy atom. The number of fused-ring (bicyclic) bond motifs is 1. The van der Waals surface area contributed by atoms with Crippen LogP contribution in [0.3, 0.4) is 0 Å². The van der Waals surface area contributed by atoms with Crippen LogP contribution in [0.15, 0.2) is 29.7 Å². The van der Waals surface area contributed by atoms with Crippen molar-refractivity contribution < 1.29 is 22.7 Å². The molecule has 0 spiro atoms. The number of likely N-dealkylation sites (N-methyl/N-ethyl adjacent to an activating group) is 1. The number of hydrogen-bond donors (Lipinski definition) is 1. The van der Waals surface area contributed by atoms with Gasteiger partial charge in [-0.05, 0) is 18.6 Å². The minimum atomic E-state index is -4.01. The lowest BCUT2D eigenvalue weighted by Gasteiger charge is -2.32. The van der Waals surface area contributed by atoms with E-state index in [1.54, 1.807) is 19.1 Å². The van der Waals surface area contributed by atoms with Crippen LogP contribution < -0.4 is 19.1 Å². The fourth-order valence-corrected chi connectivity index (χ4v) is 4.41. The molecule has 0 saturated carbocycles. The van der Waals surface area contributed by atoms with E-state index in [9.17, 15) is 13.2 Å². The van der Waals surface area contributed by atoms with Crippen LogP contribution in [0.2, 0.25) is 0 Å². The van der Waals surface area contributed by atoms with Crippen molar-refractivity contribution in [3.63, 3.8) is 0 Å². The van der Waals surface area contributed by atoms with Gasteiger partial charge in [-0.25, -0.2) is 8.42 Å². The molecule has 130 valence electrons. The number of benzene rings is 1. The van der Waals surface area contributed by atoms with Crippen LogP contribution in [0.5, 0.6) is 11.5 Å². The van der Waals surface area contributed by atoms with Crippen molar-refractivity contribution in [3.8, 4) is 11.5 Å². The minimum Gasteiger partial charge on any atom is -0.493 e. The molecule has 0 atom stereocenters. The SMILES string of the molecule is C=CCN1c2cc(OC)c(OC)cc2C(C)=C(C(=O)NC)S1(=O)=O. The number of amides is 1. The molecule has 1 amide bonds. The molecule has 0 unspecified atom stereocenters. The van der Waals surface area contributed by atoms with Crippen molar-refractivity contribution in [1.29, 1.82) is 0 Å². The highest BCUT2D eigenvalue weighted by atomic mass is 32.2. The maximum Gasteiger partial charge on any atom is 0.270 e. The third kappa shape index (κ3) is 2.62. The van der Waals surface area contributed by atoms with Crippen molar-refractivity contribution in [2.75, 3.05) is 32.1 Å². The molecule has 7 nitrogen and oxygen atoms in total. The van der Waals surface area contributed by atoms with Crippen molar-refractivity contribution in [2.45, 2.75) is 6.92 Å². The molecule has 0 radical (unpaired) electrons. The van der Waals surface area contributed by atoms with Crippen molar-refractivity contribution in [2.24, 2.45) is 0 Å². The summed E-state index contributed by atoms with van der Waals surface area (Å²) in [6, 6.07) is 3.25. The molecule has 1 N–H and O–H groups in total. The Hall–Kier alpha value is -2.48. The molecule has 1 aromatic rings. The summed E-state index contributed by atoms with van der Waals surface area (Å²) >= 11 is 0. The predicted octanol–water partition coefficient (Wildman–Crippen LogP) is 1.52. The van der Waals surface area contributed by atoms with Crippen LogP contribution in [0, 0.1) is 0 Å². The first kappa shape index (κ1) is 17.9. The Morgan fingerprint density at radius 2 is 1.88 bits per heavy atom. The van der Waals surface area contributed by atoms with E-state index in [2.05, 4.69) is 11.9 Å². The Labute approximate surface area is 141 Å². The van der Waals surface area contributed by atoms with Gasteiger partial charge in [-0.1, -0.05) is 6.08 Å². The zero-order valence-electron chi connectivity index (χ0n) is 14.0.